The molecule has 5 atom stereocenters. The van der Waals surface area contributed by atoms with E-state index in [9.17, 15) is 52.3 Å². The molecule has 0 amide bonds. The van der Waals surface area contributed by atoms with Crippen LogP contribution in [0.3, 0.4) is 0 Å². The van der Waals surface area contributed by atoms with E-state index in [2.05, 4.69) is 28.9 Å². The topological polar surface area (TPSA) is 217 Å². The Labute approximate surface area is 638 Å². The van der Waals surface area contributed by atoms with Crippen molar-refractivity contribution in [2.24, 2.45) is 29.6 Å². The molecule has 5 heterocycles. The van der Waals surface area contributed by atoms with Crippen molar-refractivity contribution in [2.75, 3.05) is 35.5 Å². The van der Waals surface area contributed by atoms with Crippen molar-refractivity contribution in [1.29, 1.82) is 0 Å². The first-order valence-electron chi connectivity index (χ1n) is 32.4. The van der Waals surface area contributed by atoms with Gasteiger partial charge in [-0.3, -0.25) is 47.9 Å². The zero-order chi connectivity index (χ0) is 75.9. The molecule has 0 aliphatic carbocycles. The molecular formula is C79H86BrCl2FO15S5. The summed E-state index contributed by atoms with van der Waals surface area (Å²) >= 11 is 22.3. The minimum atomic E-state index is -0.549. The van der Waals surface area contributed by atoms with Gasteiger partial charge in [0.1, 0.15) is 46.2 Å². The molecule has 0 aliphatic heterocycles. The first-order chi connectivity index (χ1) is 48.1. The number of thiophene rings is 5. The molecule has 24 heteroatoms. The Kier molecular flexibility index (Phi) is 32.7. The second kappa shape index (κ2) is 39.1. The number of ether oxygens (including phenoxy) is 5. The van der Waals surface area contributed by atoms with Crippen LogP contribution >= 0.6 is 95.8 Å². The van der Waals surface area contributed by atoms with Gasteiger partial charge in [-0.05, 0) is 175 Å². The van der Waals surface area contributed by atoms with Crippen molar-refractivity contribution < 1.29 is 76.0 Å². The highest BCUT2D eigenvalue weighted by Gasteiger charge is 2.25. The maximum Gasteiger partial charge on any atom is 0.197 e. The summed E-state index contributed by atoms with van der Waals surface area (Å²) in [7, 11) is 7.70. The van der Waals surface area contributed by atoms with Crippen LogP contribution in [-0.4, -0.2) is 93.4 Å². The van der Waals surface area contributed by atoms with Gasteiger partial charge in [0.25, 0.3) is 0 Å². The van der Waals surface area contributed by atoms with Crippen molar-refractivity contribution in [3.63, 3.8) is 0 Å². The highest BCUT2D eigenvalue weighted by molar-refractivity contribution is 9.10. The molecule has 10 aromatic rings. The van der Waals surface area contributed by atoms with Gasteiger partial charge in [0.15, 0.2) is 46.2 Å². The average molecular weight is 1610 g/mol. The van der Waals surface area contributed by atoms with Gasteiger partial charge in [0, 0.05) is 96.6 Å². The Morgan fingerprint density at radius 1 is 0.398 bits per heavy atom. The zero-order valence-corrected chi connectivity index (χ0v) is 67.1. The SMILES string of the molecule is C.CC(=O)[C@@H](C)CC(=O)c1cc2cc(Cl)c(Cl)cc2s1.CCc1cc2sc(C(=O)C[C@H](C)C(C)=O)cc2cc1OC.COc1cc2cc(C(=O)C[C@H](C)C(C)=O)sc2cc1C.COc1cc2sc(C(=O)C[C@H](C)C(C)=O)cc2c(F)c1OC.COc1cc2sc(C(=O)C[C@H](C)C(C)=O)cc2cc1Br. The smallest absolute Gasteiger partial charge is 0.197 e. The molecular weight excluding hydrogens is 1520 g/mol. The molecule has 0 aliphatic rings. The molecule has 0 saturated heterocycles. The van der Waals surface area contributed by atoms with Crippen LogP contribution < -0.4 is 23.7 Å². The lowest BCUT2D eigenvalue weighted by Crippen LogP contribution is -2.11. The molecule has 5 aromatic heterocycles. The van der Waals surface area contributed by atoms with E-state index in [0.29, 0.717) is 44.5 Å². The number of hydrogen-bond donors (Lipinski definition) is 0. The van der Waals surface area contributed by atoms with E-state index in [1.165, 1.54) is 112 Å². The molecule has 0 radical (unpaired) electrons. The molecule has 550 valence electrons. The Morgan fingerprint density at radius 2 is 0.709 bits per heavy atom. The molecule has 5 aromatic carbocycles. The number of ketones is 10. The predicted octanol–water partition coefficient (Wildman–Crippen LogP) is 22.3. The molecule has 10 rings (SSSR count). The van der Waals surface area contributed by atoms with Crippen LogP contribution in [-0.2, 0) is 30.4 Å². The van der Waals surface area contributed by atoms with Crippen molar-refractivity contribution in [2.45, 2.75) is 129 Å². The third kappa shape index (κ3) is 22.8. The van der Waals surface area contributed by atoms with E-state index in [-0.39, 0.29) is 138 Å². The van der Waals surface area contributed by atoms with E-state index in [1.807, 2.05) is 55.5 Å². The summed E-state index contributed by atoms with van der Waals surface area (Å²) in [6.45, 7) is 20.4. The molecule has 15 nitrogen and oxygen atoms in total. The van der Waals surface area contributed by atoms with E-state index < -0.39 is 5.82 Å². The normalized spacial score (nSPS) is 12.3. The monoisotopic (exact) mass is 1600 g/mol. The van der Waals surface area contributed by atoms with Crippen molar-refractivity contribution in [3.05, 3.63) is 141 Å². The summed E-state index contributed by atoms with van der Waals surface area (Å²) in [6, 6.07) is 26.0. The number of carbonyl (C=O) groups is 10. The van der Waals surface area contributed by atoms with Crippen LogP contribution in [0.5, 0.6) is 28.7 Å². The van der Waals surface area contributed by atoms with E-state index in [0.717, 1.165) is 79.6 Å². The summed E-state index contributed by atoms with van der Waals surface area (Å²) in [4.78, 5) is 120. The maximum atomic E-state index is 14.4. The molecule has 0 bridgehead atoms. The van der Waals surface area contributed by atoms with Crippen LogP contribution in [0.1, 0.15) is 175 Å². The number of rotatable bonds is 26. The minimum absolute atomic E-state index is 0. The highest BCUT2D eigenvalue weighted by atomic mass is 79.9. The second-order valence-corrected chi connectivity index (χ2v) is 31.9. The maximum absolute atomic E-state index is 14.4. The number of benzene rings is 5. The quantitative estimate of drug-likeness (QED) is 0.0461. The standard InChI is InChI=1S/C17H20O3S.C16H17FO4S.C16H18O3S.C15H15BrO3S.C14H12Cl2O2S.CH4/c1-5-12-8-16-13(7-15(12)20-4)9-17(21-16)14(19)6-10(2)11(3)18;1-8(9(2)18)5-11(19)14-6-10-13(22-14)7-12(20-3)16(21-4)15(10)17;1-9(11(3)17)5-13(18)16-8-12-7-14(19-4)10(2)6-15(12)20-16;1-8(9(2)17)4-12(18)15-6-10-5-11(16)13(19-3)7-14(10)20-15;1-7(8(2)17)3-12(18)14-5-9-4-10(15)11(16)6-13(9)19-14;/h7-10H,5-6H2,1-4H3;6-8H,5H2,1-4H3;6-9H,5H2,1-4H3;5-8H,4H2,1-3H3;4-7H,3H2,1-2H3;1H4/t10-;8-;9-;8-;7-;/m00000./s1. The third-order valence-electron chi connectivity index (χ3n) is 17.1. The summed E-state index contributed by atoms with van der Waals surface area (Å²) in [6.07, 6.45) is 2.07. The molecule has 103 heavy (non-hydrogen) atoms. The zero-order valence-electron chi connectivity index (χ0n) is 59.9. The van der Waals surface area contributed by atoms with E-state index in [4.69, 9.17) is 46.9 Å². The van der Waals surface area contributed by atoms with Crippen LogP contribution in [0.4, 0.5) is 4.39 Å². The lowest BCUT2D eigenvalue weighted by Gasteiger charge is -2.08. The molecule has 0 saturated carbocycles. The Hall–Kier alpha value is -7.41. The van der Waals surface area contributed by atoms with E-state index in [1.54, 1.807) is 80.2 Å². The van der Waals surface area contributed by atoms with Gasteiger partial charge in [0.2, 0.25) is 0 Å². The third-order valence-corrected chi connectivity index (χ3v) is 24.1. The number of methoxy groups -OCH3 is 5. The molecule has 0 fully saturated rings. The molecule has 0 spiro atoms. The summed E-state index contributed by atoms with van der Waals surface area (Å²) in [5.74, 6) is 0.979. The number of hydrogen-bond acceptors (Lipinski definition) is 20. The average Bonchev–Trinajstić information content (AvgIpc) is 1.66. The molecule has 0 N–H and O–H groups in total. The Bertz CT molecular complexity index is 4630. The fraction of sp³-hybridized carbons (Fsp3) is 0.367. The number of fused-ring (bicyclic) bond motifs is 5. The van der Waals surface area contributed by atoms with Crippen LogP contribution in [0.25, 0.3) is 50.4 Å². The summed E-state index contributed by atoms with van der Waals surface area (Å²) in [5, 5.41) is 5.21. The highest BCUT2D eigenvalue weighted by Crippen LogP contribution is 2.42. The van der Waals surface area contributed by atoms with Crippen LogP contribution in [0.15, 0.2) is 89.4 Å². The first kappa shape index (κ1) is 86.2. The number of aryl methyl sites for hydroxylation is 2. The Balaban J connectivity index is 0.000000231. The number of Topliss-reactive ketones (excluding diaryl/α,β-unsaturated/α-hetero) is 10. The minimum Gasteiger partial charge on any atom is -0.496 e. The van der Waals surface area contributed by atoms with Gasteiger partial charge < -0.3 is 23.7 Å². The largest absolute Gasteiger partial charge is 0.496 e. The van der Waals surface area contributed by atoms with Gasteiger partial charge in [-0.1, -0.05) is 72.2 Å². The fourth-order valence-corrected chi connectivity index (χ4v) is 16.1. The van der Waals surface area contributed by atoms with Crippen molar-refractivity contribution in [3.8, 4) is 28.7 Å². The van der Waals surface area contributed by atoms with E-state index >= 15 is 0 Å². The van der Waals surface area contributed by atoms with Gasteiger partial charge in [0.05, 0.1) is 74.5 Å². The van der Waals surface area contributed by atoms with Crippen LogP contribution in [0.2, 0.25) is 10.0 Å². The van der Waals surface area contributed by atoms with Crippen molar-refractivity contribution in [1.82, 2.24) is 0 Å². The number of halogens is 4. The fourth-order valence-electron chi connectivity index (χ4n) is 9.93. The van der Waals surface area contributed by atoms with Crippen molar-refractivity contribution >= 4 is 204 Å². The first-order valence-corrected chi connectivity index (χ1v) is 38.1. The molecule has 0 unspecified atom stereocenters. The predicted molar refractivity (Wildman–Crippen MR) is 424 cm³/mol. The van der Waals surface area contributed by atoms with Gasteiger partial charge in [-0.25, -0.2) is 4.39 Å². The second-order valence-electron chi connectivity index (χ2n) is 24.8. The number of carbonyl (C=O) groups excluding carboxylic acids is 10. The summed E-state index contributed by atoms with van der Waals surface area (Å²) in [5.41, 5.74) is 2.20. The Morgan fingerprint density at radius 3 is 1.08 bits per heavy atom. The van der Waals surface area contributed by atoms with Gasteiger partial charge in [-0.2, -0.15) is 0 Å². The lowest BCUT2D eigenvalue weighted by atomic mass is 10.00. The summed E-state index contributed by atoms with van der Waals surface area (Å²) < 4.78 is 46.0. The van der Waals surface area contributed by atoms with Gasteiger partial charge in [-0.15, -0.1) is 56.7 Å². The van der Waals surface area contributed by atoms with Crippen LogP contribution in [0, 0.1) is 42.3 Å². The van der Waals surface area contributed by atoms with Gasteiger partial charge >= 0.3 is 0 Å². The lowest BCUT2D eigenvalue weighted by molar-refractivity contribution is -0.120.